The van der Waals surface area contributed by atoms with Gasteiger partial charge in [0.05, 0.1) is 17.5 Å². The third-order valence-corrected chi connectivity index (χ3v) is 5.68. The molecule has 2 aromatic carbocycles. The van der Waals surface area contributed by atoms with Crippen LogP contribution in [0.2, 0.25) is 0 Å². The fraction of sp³-hybridized carbons (Fsp3) is 0.300. The lowest BCUT2D eigenvalue weighted by atomic mass is 10.1. The Balaban J connectivity index is 1.75. The second-order valence-electron chi connectivity index (χ2n) is 6.33. The highest BCUT2D eigenvalue weighted by Crippen LogP contribution is 2.35. The zero-order valence-corrected chi connectivity index (χ0v) is 15.5. The number of likely N-dealkylation sites (N-methyl/N-ethyl adjacent to an activating group) is 1. The van der Waals surface area contributed by atoms with Crippen LogP contribution < -0.4 is 4.90 Å². The van der Waals surface area contributed by atoms with E-state index in [0.717, 1.165) is 16.1 Å². The molecular formula is C20H22N2O2S. The normalized spacial score (nSPS) is 14.8. The number of thioether (sulfide) groups is 1. The van der Waals surface area contributed by atoms with Crippen LogP contribution in [0.15, 0.2) is 53.4 Å². The van der Waals surface area contributed by atoms with Gasteiger partial charge < -0.3 is 9.80 Å². The van der Waals surface area contributed by atoms with E-state index in [2.05, 4.69) is 0 Å². The van der Waals surface area contributed by atoms with Gasteiger partial charge in [-0.15, -0.1) is 11.8 Å². The van der Waals surface area contributed by atoms with Crippen LogP contribution in [0.5, 0.6) is 0 Å². The first-order valence-corrected chi connectivity index (χ1v) is 9.30. The third-order valence-electron chi connectivity index (χ3n) is 4.64. The minimum atomic E-state index is -0.0665. The molecule has 4 nitrogen and oxygen atoms in total. The summed E-state index contributed by atoms with van der Waals surface area (Å²) in [6.45, 7) is 4.12. The third kappa shape index (κ3) is 3.71. The van der Waals surface area contributed by atoms with Crippen LogP contribution >= 0.6 is 11.8 Å². The van der Waals surface area contributed by atoms with Crippen molar-refractivity contribution in [3.63, 3.8) is 0 Å². The van der Waals surface area contributed by atoms with Crippen molar-refractivity contribution in [2.24, 2.45) is 0 Å². The molecule has 5 heteroatoms. The zero-order valence-electron chi connectivity index (χ0n) is 14.7. The van der Waals surface area contributed by atoms with E-state index in [4.69, 9.17) is 0 Å². The molecule has 3 rings (SSSR count). The maximum absolute atomic E-state index is 12.8. The number of nitrogens with zero attached hydrogens (tertiary/aromatic N) is 2. The van der Waals surface area contributed by atoms with Crippen LogP contribution in [0.25, 0.3) is 0 Å². The molecule has 0 N–H and O–H groups in total. The highest BCUT2D eigenvalue weighted by atomic mass is 32.2. The van der Waals surface area contributed by atoms with Gasteiger partial charge in [0.15, 0.2) is 0 Å². The number of fused-ring (bicyclic) bond motifs is 1. The highest BCUT2D eigenvalue weighted by molar-refractivity contribution is 8.00. The molecule has 2 aromatic rings. The number of hydrogen-bond acceptors (Lipinski definition) is 3. The van der Waals surface area contributed by atoms with Crippen molar-refractivity contribution in [3.8, 4) is 0 Å². The average molecular weight is 354 g/mol. The molecule has 130 valence electrons. The lowest BCUT2D eigenvalue weighted by molar-refractivity contribution is -0.131. The van der Waals surface area contributed by atoms with E-state index < -0.39 is 0 Å². The summed E-state index contributed by atoms with van der Waals surface area (Å²) in [5, 5.41) is 0. The van der Waals surface area contributed by atoms with Crippen LogP contribution in [0.4, 0.5) is 5.69 Å². The number of aryl methyl sites for hydroxylation is 1. The van der Waals surface area contributed by atoms with E-state index in [-0.39, 0.29) is 24.4 Å². The molecule has 1 aliphatic rings. The topological polar surface area (TPSA) is 40.6 Å². The Labute approximate surface area is 152 Å². The van der Waals surface area contributed by atoms with E-state index in [9.17, 15) is 9.59 Å². The van der Waals surface area contributed by atoms with Crippen molar-refractivity contribution >= 4 is 29.3 Å². The molecule has 1 aliphatic heterocycles. The quantitative estimate of drug-likeness (QED) is 0.841. The van der Waals surface area contributed by atoms with Gasteiger partial charge in [-0.05, 0) is 31.5 Å². The molecule has 25 heavy (non-hydrogen) atoms. The van der Waals surface area contributed by atoms with Gasteiger partial charge in [0.1, 0.15) is 6.54 Å². The summed E-state index contributed by atoms with van der Waals surface area (Å²) in [4.78, 5) is 29.5. The van der Waals surface area contributed by atoms with Gasteiger partial charge in [-0.2, -0.15) is 0 Å². The maximum Gasteiger partial charge on any atom is 0.242 e. The Morgan fingerprint density at radius 2 is 1.88 bits per heavy atom. The van der Waals surface area contributed by atoms with Crippen molar-refractivity contribution in [2.75, 3.05) is 24.2 Å². The van der Waals surface area contributed by atoms with Crippen LogP contribution in [0.1, 0.15) is 24.1 Å². The SMILES string of the molecule is Cc1ccc(C(C)N(C)C(=O)CN2C(=O)CSc3ccccc32)cc1. The molecule has 0 fully saturated rings. The van der Waals surface area contributed by atoms with Gasteiger partial charge in [-0.25, -0.2) is 0 Å². The molecule has 0 saturated carbocycles. The van der Waals surface area contributed by atoms with Gasteiger partial charge in [0.2, 0.25) is 11.8 Å². The van der Waals surface area contributed by atoms with Crippen molar-refractivity contribution in [3.05, 3.63) is 59.7 Å². The summed E-state index contributed by atoms with van der Waals surface area (Å²) in [6.07, 6.45) is 0. The number of carbonyl (C=O) groups is 2. The number of rotatable bonds is 4. The van der Waals surface area contributed by atoms with Crippen molar-refractivity contribution in [2.45, 2.75) is 24.8 Å². The summed E-state index contributed by atoms with van der Waals surface area (Å²) in [6, 6.07) is 15.9. The van der Waals surface area contributed by atoms with Crippen molar-refractivity contribution in [1.82, 2.24) is 4.90 Å². The van der Waals surface area contributed by atoms with Gasteiger partial charge in [-0.1, -0.05) is 42.0 Å². The summed E-state index contributed by atoms with van der Waals surface area (Å²) in [7, 11) is 1.79. The Morgan fingerprint density at radius 1 is 1.20 bits per heavy atom. The second kappa shape index (κ2) is 7.31. The summed E-state index contributed by atoms with van der Waals surface area (Å²) >= 11 is 1.52. The maximum atomic E-state index is 12.8. The van der Waals surface area contributed by atoms with Gasteiger partial charge in [0.25, 0.3) is 0 Å². The first-order valence-electron chi connectivity index (χ1n) is 8.32. The van der Waals surface area contributed by atoms with E-state index >= 15 is 0 Å². The fourth-order valence-corrected chi connectivity index (χ4v) is 3.79. The Morgan fingerprint density at radius 3 is 2.60 bits per heavy atom. The van der Waals surface area contributed by atoms with E-state index in [1.54, 1.807) is 16.8 Å². The summed E-state index contributed by atoms with van der Waals surface area (Å²) in [5.74, 6) is 0.290. The largest absolute Gasteiger partial charge is 0.337 e. The lowest BCUT2D eigenvalue weighted by Crippen LogP contribution is -2.44. The van der Waals surface area contributed by atoms with Crippen LogP contribution in [-0.2, 0) is 9.59 Å². The van der Waals surface area contributed by atoms with Gasteiger partial charge >= 0.3 is 0 Å². The Bertz CT molecular complexity index is 789. The minimum absolute atomic E-state index is 0.0200. The van der Waals surface area contributed by atoms with E-state index in [1.807, 2.05) is 62.4 Å². The molecule has 0 bridgehead atoms. The van der Waals surface area contributed by atoms with E-state index in [1.165, 1.54) is 17.3 Å². The first-order chi connectivity index (χ1) is 12.0. The van der Waals surface area contributed by atoms with Crippen LogP contribution in [0.3, 0.4) is 0 Å². The monoisotopic (exact) mass is 354 g/mol. The molecule has 1 unspecified atom stereocenters. The minimum Gasteiger partial charge on any atom is -0.337 e. The standard InChI is InChI=1S/C20H22N2O2S/c1-14-8-10-16(11-9-14)15(2)21(3)19(23)12-22-17-6-4-5-7-18(17)25-13-20(22)24/h4-11,15H,12-13H2,1-3H3. The molecule has 0 saturated heterocycles. The average Bonchev–Trinajstić information content (AvgIpc) is 2.63. The first kappa shape index (κ1) is 17.5. The molecule has 1 atom stereocenters. The predicted octanol–water partition coefficient (Wildman–Crippen LogP) is 3.65. The molecular weight excluding hydrogens is 332 g/mol. The van der Waals surface area contributed by atoms with Gasteiger partial charge in [0, 0.05) is 11.9 Å². The van der Waals surface area contributed by atoms with Crippen LogP contribution in [0, 0.1) is 6.92 Å². The smallest absolute Gasteiger partial charge is 0.242 e. The number of carbonyl (C=O) groups excluding carboxylic acids is 2. The molecule has 0 aliphatic carbocycles. The van der Waals surface area contributed by atoms with Gasteiger partial charge in [-0.3, -0.25) is 9.59 Å². The molecule has 1 heterocycles. The molecule has 0 aromatic heterocycles. The Hall–Kier alpha value is -2.27. The fourth-order valence-electron chi connectivity index (χ4n) is 2.86. The number of benzene rings is 2. The zero-order chi connectivity index (χ0) is 18.0. The number of hydrogen-bond donors (Lipinski definition) is 0. The number of amides is 2. The van der Waals surface area contributed by atoms with Crippen molar-refractivity contribution in [1.29, 1.82) is 0 Å². The molecule has 2 amide bonds. The second-order valence-corrected chi connectivity index (χ2v) is 7.34. The summed E-state index contributed by atoms with van der Waals surface area (Å²) < 4.78 is 0. The van der Waals surface area contributed by atoms with E-state index in [0.29, 0.717) is 5.75 Å². The predicted molar refractivity (Wildman–Crippen MR) is 102 cm³/mol. The lowest BCUT2D eigenvalue weighted by Gasteiger charge is -2.32. The number of para-hydroxylation sites is 1. The highest BCUT2D eigenvalue weighted by Gasteiger charge is 2.28. The number of anilines is 1. The molecule has 0 radical (unpaired) electrons. The van der Waals surface area contributed by atoms with Crippen molar-refractivity contribution < 1.29 is 9.59 Å². The van der Waals surface area contributed by atoms with Crippen LogP contribution in [-0.4, -0.2) is 36.1 Å². The Kier molecular flexibility index (Phi) is 5.13. The molecule has 0 spiro atoms. The summed E-state index contributed by atoms with van der Waals surface area (Å²) in [5.41, 5.74) is 3.11.